The van der Waals surface area contributed by atoms with Crippen molar-refractivity contribution in [3.63, 3.8) is 0 Å². The Hall–Kier alpha value is -1.34. The van der Waals surface area contributed by atoms with Crippen LogP contribution in [0.15, 0.2) is 47.5 Å². The number of aromatic nitrogens is 1. The van der Waals surface area contributed by atoms with Crippen molar-refractivity contribution < 1.29 is 8.42 Å². The number of likely N-dealkylation sites (tertiary alicyclic amines) is 1. The minimum atomic E-state index is -3.58. The van der Waals surface area contributed by atoms with Gasteiger partial charge in [0.05, 0.1) is 10.9 Å². The summed E-state index contributed by atoms with van der Waals surface area (Å²) in [6.45, 7) is 2.33. The molecule has 1 N–H and O–H groups in total. The van der Waals surface area contributed by atoms with Crippen LogP contribution in [0, 0.1) is 0 Å². The molecule has 3 rings (SSSR count). The Labute approximate surface area is 148 Å². The van der Waals surface area contributed by atoms with Gasteiger partial charge >= 0.3 is 0 Å². The summed E-state index contributed by atoms with van der Waals surface area (Å²) in [5.74, 6) is 0. The van der Waals surface area contributed by atoms with Crippen LogP contribution in [-0.4, -0.2) is 37.5 Å². The van der Waals surface area contributed by atoms with Crippen molar-refractivity contribution in [1.29, 1.82) is 0 Å². The van der Waals surface area contributed by atoms with E-state index < -0.39 is 10.0 Å². The molecule has 0 spiro atoms. The van der Waals surface area contributed by atoms with Crippen LogP contribution in [-0.2, 0) is 17.1 Å². The number of sulfonamides is 1. The molecule has 0 radical (unpaired) electrons. The average molecular weight is 368 g/mol. The van der Waals surface area contributed by atoms with Crippen molar-refractivity contribution in [3.05, 3.63) is 53.3 Å². The highest BCUT2D eigenvalue weighted by molar-refractivity contribution is 7.89. The Bertz CT molecular complexity index is 798. The van der Waals surface area contributed by atoms with Gasteiger partial charge in [-0.1, -0.05) is 17.7 Å². The Morgan fingerprint density at radius 3 is 2.58 bits per heavy atom. The quantitative estimate of drug-likeness (QED) is 0.854. The van der Waals surface area contributed by atoms with E-state index in [9.17, 15) is 8.42 Å². The molecule has 1 saturated heterocycles. The maximum Gasteiger partial charge on any atom is 0.240 e. The van der Waals surface area contributed by atoms with Gasteiger partial charge in [0.15, 0.2) is 0 Å². The zero-order chi connectivity index (χ0) is 17.2. The molecule has 0 saturated carbocycles. The van der Waals surface area contributed by atoms with Crippen LogP contribution in [0.4, 0.5) is 0 Å². The first-order valence-electron chi connectivity index (χ1n) is 8.08. The van der Waals surface area contributed by atoms with Gasteiger partial charge in [-0.2, -0.15) is 0 Å². The molecule has 0 aliphatic carbocycles. The molecule has 1 aliphatic rings. The minimum absolute atomic E-state index is 0.0291. The van der Waals surface area contributed by atoms with Gasteiger partial charge in [-0.25, -0.2) is 13.1 Å². The van der Waals surface area contributed by atoms with Gasteiger partial charge < -0.3 is 4.57 Å². The fraction of sp³-hybridized carbons (Fsp3) is 0.412. The molecule has 1 aliphatic heterocycles. The Morgan fingerprint density at radius 2 is 1.96 bits per heavy atom. The number of halogens is 1. The molecule has 0 bridgehead atoms. The second kappa shape index (κ2) is 7.27. The monoisotopic (exact) mass is 367 g/mol. The third-order valence-corrected chi connectivity index (χ3v) is 6.14. The second-order valence-corrected chi connectivity index (χ2v) is 8.32. The maximum absolute atomic E-state index is 12.6. The van der Waals surface area contributed by atoms with E-state index in [0.717, 1.165) is 31.6 Å². The van der Waals surface area contributed by atoms with Gasteiger partial charge in [-0.3, -0.25) is 4.90 Å². The zero-order valence-corrected chi connectivity index (χ0v) is 15.2. The summed E-state index contributed by atoms with van der Waals surface area (Å²) in [7, 11) is -1.59. The minimum Gasteiger partial charge on any atom is -0.353 e. The first kappa shape index (κ1) is 17.5. The lowest BCUT2D eigenvalue weighted by Crippen LogP contribution is -2.37. The van der Waals surface area contributed by atoms with Crippen molar-refractivity contribution in [2.24, 2.45) is 7.05 Å². The molecule has 2 heterocycles. The number of rotatable bonds is 6. The molecule has 1 fully saturated rings. The lowest BCUT2D eigenvalue weighted by molar-refractivity contribution is 0.238. The topological polar surface area (TPSA) is 54.3 Å². The van der Waals surface area contributed by atoms with Crippen LogP contribution in [0.25, 0.3) is 0 Å². The lowest BCUT2D eigenvalue weighted by Gasteiger charge is -2.28. The molecule has 1 atom stereocenters. The summed E-state index contributed by atoms with van der Waals surface area (Å²) in [5.41, 5.74) is 1.12. The van der Waals surface area contributed by atoms with Crippen molar-refractivity contribution in [3.8, 4) is 0 Å². The smallest absolute Gasteiger partial charge is 0.240 e. The number of benzene rings is 1. The number of nitrogens with zero attached hydrogens (tertiary/aromatic N) is 2. The molecule has 1 aromatic carbocycles. The molecule has 1 unspecified atom stereocenters. The molecule has 5 nitrogen and oxygen atoms in total. The highest BCUT2D eigenvalue weighted by Gasteiger charge is 2.27. The first-order valence-corrected chi connectivity index (χ1v) is 9.94. The van der Waals surface area contributed by atoms with Crippen molar-refractivity contribution in [2.45, 2.75) is 23.8 Å². The van der Waals surface area contributed by atoms with Crippen molar-refractivity contribution in [2.75, 3.05) is 19.6 Å². The summed E-state index contributed by atoms with van der Waals surface area (Å²) in [4.78, 5) is 2.54. The van der Waals surface area contributed by atoms with Crippen LogP contribution in [0.3, 0.4) is 0 Å². The van der Waals surface area contributed by atoms with Gasteiger partial charge in [0, 0.05) is 30.5 Å². The van der Waals surface area contributed by atoms with Gasteiger partial charge in [0.25, 0.3) is 0 Å². The van der Waals surface area contributed by atoms with Gasteiger partial charge in [-0.05, 0) is 56.3 Å². The first-order chi connectivity index (χ1) is 11.5. The van der Waals surface area contributed by atoms with E-state index in [1.807, 2.05) is 19.3 Å². The summed E-state index contributed by atoms with van der Waals surface area (Å²) in [5, 5.41) is 0.413. The predicted octanol–water partition coefficient (Wildman–Crippen LogP) is 2.79. The molecular formula is C17H22ClN3O2S. The Kier molecular flexibility index (Phi) is 5.30. The van der Waals surface area contributed by atoms with E-state index in [1.165, 1.54) is 6.07 Å². The average Bonchev–Trinajstić information content (AvgIpc) is 3.20. The van der Waals surface area contributed by atoms with Crippen molar-refractivity contribution in [1.82, 2.24) is 14.2 Å². The van der Waals surface area contributed by atoms with Gasteiger partial charge in [0.2, 0.25) is 10.0 Å². The van der Waals surface area contributed by atoms with Crippen LogP contribution >= 0.6 is 11.6 Å². The van der Waals surface area contributed by atoms with E-state index in [4.69, 9.17) is 11.6 Å². The van der Waals surface area contributed by atoms with Crippen LogP contribution < -0.4 is 4.72 Å². The molecule has 2 aromatic rings. The maximum atomic E-state index is 12.6. The third-order valence-electron chi connectivity index (χ3n) is 4.48. The van der Waals surface area contributed by atoms with Crippen LogP contribution in [0.5, 0.6) is 0 Å². The Morgan fingerprint density at radius 1 is 1.21 bits per heavy atom. The number of aryl methyl sites for hydroxylation is 1. The Balaban J connectivity index is 1.79. The van der Waals surface area contributed by atoms with E-state index in [1.54, 1.807) is 18.2 Å². The summed E-state index contributed by atoms with van der Waals surface area (Å²) < 4.78 is 29.9. The molecule has 24 heavy (non-hydrogen) atoms. The lowest BCUT2D eigenvalue weighted by atomic mass is 10.2. The highest BCUT2D eigenvalue weighted by Crippen LogP contribution is 2.25. The van der Waals surface area contributed by atoms with Gasteiger partial charge in [0.1, 0.15) is 0 Å². The third kappa shape index (κ3) is 3.83. The molecule has 0 amide bonds. The fourth-order valence-electron chi connectivity index (χ4n) is 3.20. The number of hydrogen-bond donors (Lipinski definition) is 1. The zero-order valence-electron chi connectivity index (χ0n) is 13.7. The van der Waals surface area contributed by atoms with Crippen LogP contribution in [0.1, 0.15) is 24.6 Å². The summed E-state index contributed by atoms with van der Waals surface area (Å²) in [6.07, 6.45) is 4.30. The largest absolute Gasteiger partial charge is 0.353 e. The van der Waals surface area contributed by atoms with Crippen molar-refractivity contribution >= 4 is 21.6 Å². The van der Waals surface area contributed by atoms with Gasteiger partial charge in [-0.15, -0.1) is 0 Å². The molecule has 130 valence electrons. The second-order valence-electron chi connectivity index (χ2n) is 6.11. The number of nitrogens with one attached hydrogen (secondary N) is 1. The summed E-state index contributed by atoms with van der Waals surface area (Å²) >= 11 is 5.92. The van der Waals surface area contributed by atoms with E-state index in [-0.39, 0.29) is 10.9 Å². The molecular weight excluding hydrogens is 346 g/mol. The highest BCUT2D eigenvalue weighted by atomic mass is 35.5. The van der Waals surface area contributed by atoms with E-state index >= 15 is 0 Å². The molecule has 1 aromatic heterocycles. The van der Waals surface area contributed by atoms with Crippen LogP contribution in [0.2, 0.25) is 5.02 Å². The summed E-state index contributed by atoms with van der Waals surface area (Å²) in [6, 6.07) is 10.4. The molecule has 7 heteroatoms. The fourth-order valence-corrected chi connectivity index (χ4v) is 4.54. The SMILES string of the molecule is Cn1cccc1C(CNS(=O)(=O)c1cccc(Cl)c1)N1CCCC1. The number of hydrogen-bond acceptors (Lipinski definition) is 3. The standard InChI is InChI=1S/C17H22ClN3O2S/c1-20-9-5-8-16(20)17(21-10-2-3-11-21)13-19-24(22,23)15-7-4-6-14(18)12-15/h4-9,12,17,19H,2-3,10-11,13H2,1H3. The van der Waals surface area contributed by atoms with E-state index in [2.05, 4.69) is 20.3 Å². The van der Waals surface area contributed by atoms with E-state index in [0.29, 0.717) is 11.6 Å². The normalized spacial score (nSPS) is 17.2. The predicted molar refractivity (Wildman–Crippen MR) is 95.6 cm³/mol.